The van der Waals surface area contributed by atoms with Gasteiger partial charge in [-0.1, -0.05) is 31.5 Å². The van der Waals surface area contributed by atoms with Gasteiger partial charge in [0.05, 0.1) is 6.20 Å². The van der Waals surface area contributed by atoms with Crippen molar-refractivity contribution >= 4 is 29.1 Å². The first kappa shape index (κ1) is 16.5. The molecule has 1 N–H and O–H groups in total. The van der Waals surface area contributed by atoms with Gasteiger partial charge in [0.15, 0.2) is 5.82 Å². The third kappa shape index (κ3) is 4.07. The van der Waals surface area contributed by atoms with Crippen molar-refractivity contribution in [3.05, 3.63) is 35.0 Å². The van der Waals surface area contributed by atoms with E-state index in [-0.39, 0.29) is 0 Å². The Kier molecular flexibility index (Phi) is 5.95. The van der Waals surface area contributed by atoms with Gasteiger partial charge in [-0.25, -0.2) is 0 Å². The van der Waals surface area contributed by atoms with E-state index in [1.165, 1.54) is 0 Å². The number of nitrogens with one attached hydrogen (secondary N) is 1. The standard InChI is InChI=1S/C16H22ClN5/c1-4-9-22(10-5-2)15-11-18-21-16(20-15)19-14-8-6-7-13(17)12(14)3/h6-8,11H,4-5,9-10H2,1-3H3,(H,19,20,21). The average molecular weight is 320 g/mol. The minimum absolute atomic E-state index is 0.486. The maximum absolute atomic E-state index is 6.14. The van der Waals surface area contributed by atoms with Crippen LogP contribution >= 0.6 is 11.6 Å². The molecule has 5 nitrogen and oxygen atoms in total. The van der Waals surface area contributed by atoms with E-state index < -0.39 is 0 Å². The lowest BCUT2D eigenvalue weighted by Gasteiger charge is -2.22. The quantitative estimate of drug-likeness (QED) is 0.828. The molecule has 6 heteroatoms. The van der Waals surface area contributed by atoms with Crippen molar-refractivity contribution in [2.24, 2.45) is 0 Å². The predicted octanol–water partition coefficient (Wildman–Crippen LogP) is 4.20. The fraction of sp³-hybridized carbons (Fsp3) is 0.438. The summed E-state index contributed by atoms with van der Waals surface area (Å²) in [4.78, 5) is 6.80. The minimum Gasteiger partial charge on any atom is -0.355 e. The molecule has 0 saturated heterocycles. The second-order valence-electron chi connectivity index (χ2n) is 5.16. The van der Waals surface area contributed by atoms with Crippen molar-refractivity contribution in [3.63, 3.8) is 0 Å². The van der Waals surface area contributed by atoms with Crippen LogP contribution in [0.2, 0.25) is 5.02 Å². The molecule has 0 saturated carbocycles. The Hall–Kier alpha value is -1.88. The lowest BCUT2D eigenvalue weighted by Crippen LogP contribution is -2.26. The van der Waals surface area contributed by atoms with Gasteiger partial charge in [0, 0.05) is 23.8 Å². The van der Waals surface area contributed by atoms with Gasteiger partial charge in [-0.15, -0.1) is 5.10 Å². The molecule has 2 aromatic rings. The Morgan fingerprint density at radius 3 is 2.59 bits per heavy atom. The highest BCUT2D eigenvalue weighted by atomic mass is 35.5. The van der Waals surface area contributed by atoms with E-state index in [9.17, 15) is 0 Å². The smallest absolute Gasteiger partial charge is 0.249 e. The van der Waals surface area contributed by atoms with E-state index >= 15 is 0 Å². The van der Waals surface area contributed by atoms with Crippen molar-refractivity contribution in [2.45, 2.75) is 33.6 Å². The molecule has 0 aliphatic carbocycles. The molecule has 0 fully saturated rings. The monoisotopic (exact) mass is 319 g/mol. The van der Waals surface area contributed by atoms with Crippen molar-refractivity contribution < 1.29 is 0 Å². The van der Waals surface area contributed by atoms with Crippen LogP contribution in [0.15, 0.2) is 24.4 Å². The summed E-state index contributed by atoms with van der Waals surface area (Å²) < 4.78 is 0. The highest BCUT2D eigenvalue weighted by molar-refractivity contribution is 6.31. The summed E-state index contributed by atoms with van der Waals surface area (Å²) in [5.41, 5.74) is 1.86. The second-order valence-corrected chi connectivity index (χ2v) is 5.57. The van der Waals surface area contributed by atoms with Gasteiger partial charge < -0.3 is 10.2 Å². The Bertz CT molecular complexity index is 611. The highest BCUT2D eigenvalue weighted by Gasteiger charge is 2.10. The molecular formula is C16H22ClN5. The largest absolute Gasteiger partial charge is 0.355 e. The van der Waals surface area contributed by atoms with E-state index in [0.29, 0.717) is 11.0 Å². The molecule has 0 unspecified atom stereocenters. The Morgan fingerprint density at radius 2 is 1.91 bits per heavy atom. The molecule has 22 heavy (non-hydrogen) atoms. The molecule has 0 bridgehead atoms. The molecule has 0 amide bonds. The SMILES string of the molecule is CCCN(CCC)c1cnnc(Nc2cccc(Cl)c2C)n1. The molecule has 1 aromatic carbocycles. The predicted molar refractivity (Wildman–Crippen MR) is 92.1 cm³/mol. The topological polar surface area (TPSA) is 53.9 Å². The second kappa shape index (κ2) is 7.94. The Balaban J connectivity index is 2.22. The van der Waals surface area contributed by atoms with Crippen molar-refractivity contribution in [1.29, 1.82) is 0 Å². The molecule has 2 rings (SSSR count). The maximum Gasteiger partial charge on any atom is 0.249 e. The fourth-order valence-electron chi connectivity index (χ4n) is 2.24. The summed E-state index contributed by atoms with van der Waals surface area (Å²) in [5, 5.41) is 12.0. The summed E-state index contributed by atoms with van der Waals surface area (Å²) in [7, 11) is 0. The maximum atomic E-state index is 6.14. The molecule has 1 heterocycles. The van der Waals surface area contributed by atoms with E-state index in [0.717, 1.165) is 43.0 Å². The lowest BCUT2D eigenvalue weighted by molar-refractivity contribution is 0.728. The van der Waals surface area contributed by atoms with Crippen LogP contribution in [0.5, 0.6) is 0 Å². The van der Waals surface area contributed by atoms with E-state index in [2.05, 4.69) is 39.2 Å². The lowest BCUT2D eigenvalue weighted by atomic mass is 10.2. The van der Waals surface area contributed by atoms with Crippen LogP contribution in [-0.4, -0.2) is 28.3 Å². The number of benzene rings is 1. The summed E-state index contributed by atoms with van der Waals surface area (Å²) in [5.74, 6) is 1.33. The zero-order valence-corrected chi connectivity index (χ0v) is 14.1. The molecule has 0 spiro atoms. The first-order valence-corrected chi connectivity index (χ1v) is 8.00. The van der Waals surface area contributed by atoms with Gasteiger partial charge in [0.25, 0.3) is 0 Å². The van der Waals surface area contributed by atoms with Crippen LogP contribution in [0.1, 0.15) is 32.3 Å². The molecule has 118 valence electrons. The number of rotatable bonds is 7. The number of hydrogen-bond acceptors (Lipinski definition) is 5. The van der Waals surface area contributed by atoms with Crippen LogP contribution < -0.4 is 10.2 Å². The average Bonchev–Trinajstić information content (AvgIpc) is 2.52. The van der Waals surface area contributed by atoms with Crippen molar-refractivity contribution in [3.8, 4) is 0 Å². The zero-order valence-electron chi connectivity index (χ0n) is 13.3. The normalized spacial score (nSPS) is 10.5. The first-order valence-electron chi connectivity index (χ1n) is 7.62. The van der Waals surface area contributed by atoms with Crippen LogP contribution in [-0.2, 0) is 0 Å². The molecule has 0 aliphatic rings. The van der Waals surface area contributed by atoms with Crippen LogP contribution in [0.25, 0.3) is 0 Å². The molecule has 1 aromatic heterocycles. The van der Waals surface area contributed by atoms with E-state index in [1.54, 1.807) is 6.20 Å². The van der Waals surface area contributed by atoms with Gasteiger partial charge in [0.1, 0.15) is 0 Å². The van der Waals surface area contributed by atoms with Gasteiger partial charge in [-0.05, 0) is 37.5 Å². The van der Waals surface area contributed by atoms with Crippen LogP contribution in [0, 0.1) is 6.92 Å². The first-order chi connectivity index (χ1) is 10.7. The summed E-state index contributed by atoms with van der Waals surface area (Å²) in [6, 6.07) is 5.71. The molecule has 0 atom stereocenters. The zero-order chi connectivity index (χ0) is 15.9. The number of hydrogen-bond donors (Lipinski definition) is 1. The number of nitrogens with zero attached hydrogens (tertiary/aromatic N) is 4. The highest BCUT2D eigenvalue weighted by Crippen LogP contribution is 2.25. The van der Waals surface area contributed by atoms with Gasteiger partial charge in [-0.2, -0.15) is 10.1 Å². The third-order valence-electron chi connectivity index (χ3n) is 3.37. The molecule has 0 radical (unpaired) electrons. The number of anilines is 3. The molecule has 0 aliphatic heterocycles. The number of aromatic nitrogens is 3. The summed E-state index contributed by atoms with van der Waals surface area (Å²) in [6.45, 7) is 8.20. The Labute approximate surface area is 136 Å². The molecular weight excluding hydrogens is 298 g/mol. The van der Waals surface area contributed by atoms with Crippen LogP contribution in [0.4, 0.5) is 17.5 Å². The van der Waals surface area contributed by atoms with Crippen molar-refractivity contribution in [2.75, 3.05) is 23.3 Å². The van der Waals surface area contributed by atoms with Gasteiger partial charge in [-0.3, -0.25) is 0 Å². The number of halogens is 1. The van der Waals surface area contributed by atoms with Gasteiger partial charge >= 0.3 is 0 Å². The van der Waals surface area contributed by atoms with E-state index in [4.69, 9.17) is 11.6 Å². The van der Waals surface area contributed by atoms with Crippen molar-refractivity contribution in [1.82, 2.24) is 15.2 Å². The van der Waals surface area contributed by atoms with E-state index in [1.807, 2.05) is 25.1 Å². The minimum atomic E-state index is 0.486. The third-order valence-corrected chi connectivity index (χ3v) is 3.78. The Morgan fingerprint density at radius 1 is 1.18 bits per heavy atom. The fourth-order valence-corrected chi connectivity index (χ4v) is 2.42. The summed E-state index contributed by atoms with van der Waals surface area (Å²) >= 11 is 6.14. The van der Waals surface area contributed by atoms with Crippen LogP contribution in [0.3, 0.4) is 0 Å². The van der Waals surface area contributed by atoms with Gasteiger partial charge in [0.2, 0.25) is 5.95 Å². The summed E-state index contributed by atoms with van der Waals surface area (Å²) in [6.07, 6.45) is 3.85.